The summed E-state index contributed by atoms with van der Waals surface area (Å²) in [5, 5.41) is 0. The van der Waals surface area contributed by atoms with Crippen molar-refractivity contribution < 1.29 is 19.1 Å². The van der Waals surface area contributed by atoms with Crippen LogP contribution in [-0.4, -0.2) is 18.5 Å². The largest absolute Gasteiger partial charge is 0.466 e. The molecule has 0 aliphatic rings. The average molecular weight is 340 g/mol. The van der Waals surface area contributed by atoms with Crippen LogP contribution in [0.2, 0.25) is 0 Å². The zero-order valence-corrected chi connectivity index (χ0v) is 14.5. The van der Waals surface area contributed by atoms with Crippen LogP contribution in [0.4, 0.5) is 0 Å². The fraction of sp³-hybridized carbons (Fsp3) is 0.333. The van der Waals surface area contributed by atoms with Gasteiger partial charge in [0.15, 0.2) is 0 Å². The van der Waals surface area contributed by atoms with Gasteiger partial charge in [0.2, 0.25) is 0 Å². The minimum atomic E-state index is -0.365. The fourth-order valence-corrected chi connectivity index (χ4v) is 2.57. The third-order valence-corrected chi connectivity index (χ3v) is 3.88. The van der Waals surface area contributed by atoms with Crippen molar-refractivity contribution in [1.29, 1.82) is 0 Å². The summed E-state index contributed by atoms with van der Waals surface area (Å²) in [6.45, 7) is 2.36. The van der Waals surface area contributed by atoms with Crippen LogP contribution in [0.5, 0.6) is 0 Å². The normalized spacial score (nSPS) is 11.6. The molecule has 0 saturated carbocycles. The molecule has 0 aliphatic carbocycles. The van der Waals surface area contributed by atoms with Gasteiger partial charge in [-0.25, -0.2) is 0 Å². The molecular formula is C21H24O4. The Hall–Kier alpha value is -2.62. The maximum absolute atomic E-state index is 12.5. The highest BCUT2D eigenvalue weighted by atomic mass is 16.5. The molecule has 0 bridgehead atoms. The fourth-order valence-electron chi connectivity index (χ4n) is 2.57. The average Bonchev–Trinajstić information content (AvgIpc) is 2.65. The Labute approximate surface area is 148 Å². The van der Waals surface area contributed by atoms with Gasteiger partial charge < -0.3 is 9.47 Å². The van der Waals surface area contributed by atoms with Gasteiger partial charge in [-0.1, -0.05) is 60.7 Å². The molecule has 2 aromatic carbocycles. The van der Waals surface area contributed by atoms with Gasteiger partial charge in [-0.15, -0.1) is 0 Å². The number of esters is 2. The van der Waals surface area contributed by atoms with Crippen molar-refractivity contribution >= 4 is 11.9 Å². The number of carbonyl (C=O) groups is 2. The maximum atomic E-state index is 12.5. The second-order valence-electron chi connectivity index (χ2n) is 5.82. The Balaban J connectivity index is 1.96. The topological polar surface area (TPSA) is 52.6 Å². The zero-order valence-electron chi connectivity index (χ0n) is 14.5. The van der Waals surface area contributed by atoms with E-state index in [-0.39, 0.29) is 30.9 Å². The van der Waals surface area contributed by atoms with E-state index in [0.29, 0.717) is 19.4 Å². The molecule has 0 fully saturated rings. The van der Waals surface area contributed by atoms with Crippen molar-refractivity contribution in [2.75, 3.05) is 6.61 Å². The second kappa shape index (κ2) is 10.3. The lowest BCUT2D eigenvalue weighted by Crippen LogP contribution is -2.21. The third-order valence-electron chi connectivity index (χ3n) is 3.88. The van der Waals surface area contributed by atoms with E-state index in [4.69, 9.17) is 9.47 Å². The Morgan fingerprint density at radius 2 is 1.48 bits per heavy atom. The van der Waals surface area contributed by atoms with Gasteiger partial charge in [-0.3, -0.25) is 9.59 Å². The molecule has 2 aromatic rings. The molecular weight excluding hydrogens is 316 g/mol. The number of benzene rings is 2. The zero-order chi connectivity index (χ0) is 17.9. The van der Waals surface area contributed by atoms with E-state index >= 15 is 0 Å². The number of ether oxygens (including phenoxy) is 2. The first-order chi connectivity index (χ1) is 12.2. The van der Waals surface area contributed by atoms with Crippen LogP contribution in [0.1, 0.15) is 30.9 Å². The first-order valence-electron chi connectivity index (χ1n) is 8.59. The smallest absolute Gasteiger partial charge is 0.309 e. The highest BCUT2D eigenvalue weighted by Gasteiger charge is 2.22. The van der Waals surface area contributed by atoms with Crippen LogP contribution in [0, 0.1) is 5.92 Å². The Bertz CT molecular complexity index is 652. The summed E-state index contributed by atoms with van der Waals surface area (Å²) in [6.07, 6.45) is 1.18. The van der Waals surface area contributed by atoms with Gasteiger partial charge in [0.1, 0.15) is 6.61 Å². The quantitative estimate of drug-likeness (QED) is 0.649. The number of carbonyl (C=O) groups excluding carboxylic acids is 2. The summed E-state index contributed by atoms with van der Waals surface area (Å²) in [5.41, 5.74) is 1.99. The lowest BCUT2D eigenvalue weighted by atomic mass is 9.95. The highest BCUT2D eigenvalue weighted by molar-refractivity contribution is 5.75. The minimum Gasteiger partial charge on any atom is -0.466 e. The van der Waals surface area contributed by atoms with Crippen LogP contribution in [0.25, 0.3) is 0 Å². The molecule has 0 heterocycles. The number of hydrogen-bond donors (Lipinski definition) is 0. The van der Waals surface area contributed by atoms with E-state index in [1.54, 1.807) is 6.92 Å². The monoisotopic (exact) mass is 340 g/mol. The van der Waals surface area contributed by atoms with Crippen molar-refractivity contribution in [1.82, 2.24) is 0 Å². The molecule has 132 valence electrons. The molecule has 0 aromatic heterocycles. The summed E-state index contributed by atoms with van der Waals surface area (Å²) in [4.78, 5) is 24.1. The molecule has 0 amide bonds. The molecule has 0 spiro atoms. The Morgan fingerprint density at radius 3 is 2.08 bits per heavy atom. The molecule has 4 nitrogen and oxygen atoms in total. The van der Waals surface area contributed by atoms with Gasteiger partial charge in [0, 0.05) is 6.42 Å². The van der Waals surface area contributed by atoms with E-state index < -0.39 is 0 Å². The maximum Gasteiger partial charge on any atom is 0.309 e. The van der Waals surface area contributed by atoms with Crippen LogP contribution in [0.3, 0.4) is 0 Å². The van der Waals surface area contributed by atoms with Gasteiger partial charge >= 0.3 is 11.9 Å². The molecule has 0 radical (unpaired) electrons. The minimum absolute atomic E-state index is 0.214. The summed E-state index contributed by atoms with van der Waals surface area (Å²) >= 11 is 0. The van der Waals surface area contributed by atoms with Crippen molar-refractivity contribution in [3.8, 4) is 0 Å². The predicted molar refractivity (Wildman–Crippen MR) is 95.7 cm³/mol. The van der Waals surface area contributed by atoms with Gasteiger partial charge in [-0.2, -0.15) is 0 Å². The summed E-state index contributed by atoms with van der Waals surface area (Å²) in [7, 11) is 0. The summed E-state index contributed by atoms with van der Waals surface area (Å²) in [5.74, 6) is -0.927. The van der Waals surface area contributed by atoms with Crippen LogP contribution in [0.15, 0.2) is 60.7 Å². The second-order valence-corrected chi connectivity index (χ2v) is 5.82. The van der Waals surface area contributed by atoms with Crippen molar-refractivity contribution in [3.63, 3.8) is 0 Å². The van der Waals surface area contributed by atoms with Gasteiger partial charge in [-0.05, 0) is 30.9 Å². The summed E-state index contributed by atoms with van der Waals surface area (Å²) in [6, 6.07) is 19.3. The number of hydrogen-bond acceptors (Lipinski definition) is 4. The van der Waals surface area contributed by atoms with Gasteiger partial charge in [0.25, 0.3) is 0 Å². The molecule has 2 rings (SSSR count). The third kappa shape index (κ3) is 6.79. The van der Waals surface area contributed by atoms with Gasteiger partial charge in [0.05, 0.1) is 12.5 Å². The number of rotatable bonds is 9. The molecule has 0 unspecified atom stereocenters. The molecule has 0 aliphatic heterocycles. The first kappa shape index (κ1) is 18.7. The molecule has 0 saturated heterocycles. The van der Waals surface area contributed by atoms with Crippen molar-refractivity contribution in [2.45, 2.75) is 32.8 Å². The van der Waals surface area contributed by atoms with Crippen LogP contribution < -0.4 is 0 Å². The van der Waals surface area contributed by atoms with E-state index in [1.807, 2.05) is 60.7 Å². The molecule has 4 heteroatoms. The van der Waals surface area contributed by atoms with E-state index in [1.165, 1.54) is 0 Å². The molecule has 25 heavy (non-hydrogen) atoms. The highest BCUT2D eigenvalue weighted by Crippen LogP contribution is 2.17. The summed E-state index contributed by atoms with van der Waals surface area (Å²) < 4.78 is 10.4. The molecule has 0 N–H and O–H groups in total. The van der Waals surface area contributed by atoms with Crippen molar-refractivity contribution in [3.05, 3.63) is 71.8 Å². The molecule has 1 atom stereocenters. The lowest BCUT2D eigenvalue weighted by Gasteiger charge is -2.16. The van der Waals surface area contributed by atoms with Crippen LogP contribution >= 0.6 is 0 Å². The van der Waals surface area contributed by atoms with E-state index in [0.717, 1.165) is 11.1 Å². The van der Waals surface area contributed by atoms with Crippen molar-refractivity contribution in [2.24, 2.45) is 5.92 Å². The SMILES string of the molecule is CCOC(=O)CC[C@H](Cc1ccccc1)C(=O)OCc1ccccc1. The standard InChI is InChI=1S/C21H24O4/c1-2-24-20(22)14-13-19(15-17-9-5-3-6-10-17)21(23)25-16-18-11-7-4-8-12-18/h3-12,19H,2,13-16H2,1H3/t19-/m1/s1. The lowest BCUT2D eigenvalue weighted by molar-refractivity contribution is -0.151. The predicted octanol–water partition coefficient (Wildman–Crippen LogP) is 3.93. The Morgan fingerprint density at radius 1 is 0.880 bits per heavy atom. The van der Waals surface area contributed by atoms with E-state index in [9.17, 15) is 9.59 Å². The first-order valence-corrected chi connectivity index (χ1v) is 8.59. The Kier molecular flexibility index (Phi) is 7.70. The van der Waals surface area contributed by atoms with Crippen LogP contribution in [-0.2, 0) is 32.1 Å². The van der Waals surface area contributed by atoms with E-state index in [2.05, 4.69) is 0 Å².